The Kier molecular flexibility index (Phi) is 5.69. The molecule has 0 bridgehead atoms. The molecule has 0 N–H and O–H groups in total. The van der Waals surface area contributed by atoms with E-state index in [1.807, 2.05) is 0 Å². The van der Waals surface area contributed by atoms with E-state index in [2.05, 4.69) is 0 Å². The fourth-order valence-electron chi connectivity index (χ4n) is 3.52. The van der Waals surface area contributed by atoms with Gasteiger partial charge in [0.25, 0.3) is 5.56 Å². The van der Waals surface area contributed by atoms with E-state index in [-0.39, 0.29) is 17.0 Å². The SMILES string of the molecule is Cn1c(C(=O)OCC(=O)c2ccccc2)c(-c2ccc(Cl)cc2)c2ccccc2c1=O. The summed E-state index contributed by atoms with van der Waals surface area (Å²) in [6.07, 6.45) is 0. The average Bonchev–Trinajstić information content (AvgIpc) is 2.80. The molecule has 6 heteroatoms. The minimum atomic E-state index is -0.750. The van der Waals surface area contributed by atoms with Crippen molar-refractivity contribution in [2.24, 2.45) is 7.05 Å². The third kappa shape index (κ3) is 4.00. The van der Waals surface area contributed by atoms with E-state index < -0.39 is 12.6 Å². The van der Waals surface area contributed by atoms with E-state index in [1.165, 1.54) is 11.6 Å². The molecule has 0 radical (unpaired) electrons. The highest BCUT2D eigenvalue weighted by Gasteiger charge is 2.23. The monoisotopic (exact) mass is 431 g/mol. The van der Waals surface area contributed by atoms with Crippen LogP contribution in [-0.4, -0.2) is 22.9 Å². The molecule has 0 fully saturated rings. The molecule has 0 spiro atoms. The molecular formula is C25H18ClNO4. The lowest BCUT2D eigenvalue weighted by Gasteiger charge is -2.16. The highest BCUT2D eigenvalue weighted by molar-refractivity contribution is 6.30. The van der Waals surface area contributed by atoms with Crippen LogP contribution in [0.1, 0.15) is 20.8 Å². The van der Waals surface area contributed by atoms with Crippen LogP contribution in [0.5, 0.6) is 0 Å². The zero-order valence-electron chi connectivity index (χ0n) is 16.7. The molecule has 0 aliphatic carbocycles. The summed E-state index contributed by atoms with van der Waals surface area (Å²) >= 11 is 6.03. The van der Waals surface area contributed by atoms with Gasteiger partial charge in [0, 0.05) is 28.6 Å². The van der Waals surface area contributed by atoms with Gasteiger partial charge in [-0.15, -0.1) is 0 Å². The van der Waals surface area contributed by atoms with E-state index >= 15 is 0 Å². The molecule has 0 aliphatic heterocycles. The van der Waals surface area contributed by atoms with Crippen LogP contribution < -0.4 is 5.56 Å². The van der Waals surface area contributed by atoms with Crippen LogP contribution in [0.3, 0.4) is 0 Å². The standard InChI is InChI=1S/C25H18ClNO4/c1-27-23(25(30)31-15-21(28)16-7-3-2-4-8-16)22(17-11-13-18(26)14-12-17)19-9-5-6-10-20(19)24(27)29/h2-14H,15H2,1H3. The second kappa shape index (κ2) is 8.58. The Bertz CT molecular complexity index is 1340. The van der Waals surface area contributed by atoms with Gasteiger partial charge < -0.3 is 9.30 Å². The predicted molar refractivity (Wildman–Crippen MR) is 121 cm³/mol. The van der Waals surface area contributed by atoms with Gasteiger partial charge in [0.15, 0.2) is 12.4 Å². The molecule has 0 aliphatic rings. The van der Waals surface area contributed by atoms with Crippen molar-refractivity contribution in [1.29, 1.82) is 0 Å². The number of esters is 1. The smallest absolute Gasteiger partial charge is 0.356 e. The quantitative estimate of drug-likeness (QED) is 0.333. The topological polar surface area (TPSA) is 65.4 Å². The first-order valence-electron chi connectivity index (χ1n) is 9.60. The van der Waals surface area contributed by atoms with Gasteiger partial charge in [-0.05, 0) is 29.1 Å². The molecule has 0 unspecified atom stereocenters. The number of ether oxygens (including phenoxy) is 1. The first-order chi connectivity index (χ1) is 15.0. The predicted octanol–water partition coefficient (Wildman–Crippen LogP) is 4.90. The molecule has 1 aromatic heterocycles. The highest BCUT2D eigenvalue weighted by atomic mass is 35.5. The molecule has 3 aromatic carbocycles. The summed E-state index contributed by atoms with van der Waals surface area (Å²) in [5, 5.41) is 1.65. The molecule has 154 valence electrons. The Balaban J connectivity index is 1.81. The van der Waals surface area contributed by atoms with Gasteiger partial charge >= 0.3 is 5.97 Å². The Morgan fingerprint density at radius 3 is 2.16 bits per heavy atom. The number of rotatable bonds is 5. The van der Waals surface area contributed by atoms with Crippen LogP contribution in [0.15, 0.2) is 83.7 Å². The van der Waals surface area contributed by atoms with E-state index in [1.54, 1.807) is 78.9 Å². The molecule has 0 amide bonds. The van der Waals surface area contributed by atoms with Crippen LogP contribution in [0.25, 0.3) is 21.9 Å². The maximum Gasteiger partial charge on any atom is 0.356 e. The Labute approximate surface area is 183 Å². The van der Waals surface area contributed by atoms with Crippen molar-refractivity contribution in [2.45, 2.75) is 0 Å². The zero-order chi connectivity index (χ0) is 22.0. The summed E-state index contributed by atoms with van der Waals surface area (Å²) < 4.78 is 6.61. The van der Waals surface area contributed by atoms with Crippen LogP contribution in [0, 0.1) is 0 Å². The van der Waals surface area contributed by atoms with Crippen molar-refractivity contribution in [2.75, 3.05) is 6.61 Å². The summed E-state index contributed by atoms with van der Waals surface area (Å²) in [5.41, 5.74) is 1.45. The number of carbonyl (C=O) groups is 2. The number of carbonyl (C=O) groups excluding carboxylic acids is 2. The minimum Gasteiger partial charge on any atom is -0.453 e. The molecule has 0 saturated heterocycles. The Hall–Kier alpha value is -3.70. The number of hydrogen-bond donors (Lipinski definition) is 0. The van der Waals surface area contributed by atoms with Crippen molar-refractivity contribution in [3.05, 3.63) is 105 Å². The largest absolute Gasteiger partial charge is 0.453 e. The second-order valence-corrected chi connectivity index (χ2v) is 7.44. The lowest BCUT2D eigenvalue weighted by atomic mass is 9.97. The lowest BCUT2D eigenvalue weighted by Crippen LogP contribution is -2.27. The van der Waals surface area contributed by atoms with Gasteiger partial charge in [-0.1, -0.05) is 72.3 Å². The second-order valence-electron chi connectivity index (χ2n) is 7.01. The summed E-state index contributed by atoms with van der Waals surface area (Å²) in [5.74, 6) is -1.08. The summed E-state index contributed by atoms with van der Waals surface area (Å²) in [6.45, 7) is -0.427. The van der Waals surface area contributed by atoms with E-state index in [0.717, 1.165) is 0 Å². The maximum atomic E-state index is 13.1. The molecule has 5 nitrogen and oxygen atoms in total. The van der Waals surface area contributed by atoms with Crippen LogP contribution in [-0.2, 0) is 11.8 Å². The third-order valence-electron chi connectivity index (χ3n) is 5.06. The zero-order valence-corrected chi connectivity index (χ0v) is 17.4. The van der Waals surface area contributed by atoms with Gasteiger partial charge in [0.2, 0.25) is 0 Å². The summed E-state index contributed by atoms with van der Waals surface area (Å²) in [7, 11) is 1.52. The highest BCUT2D eigenvalue weighted by Crippen LogP contribution is 2.31. The maximum absolute atomic E-state index is 13.1. The first-order valence-corrected chi connectivity index (χ1v) is 9.98. The van der Waals surface area contributed by atoms with Crippen molar-refractivity contribution in [3.8, 4) is 11.1 Å². The van der Waals surface area contributed by atoms with Gasteiger partial charge in [-0.3, -0.25) is 9.59 Å². The molecule has 0 saturated carbocycles. The molecule has 4 aromatic rings. The number of hydrogen-bond acceptors (Lipinski definition) is 4. The molecule has 31 heavy (non-hydrogen) atoms. The van der Waals surface area contributed by atoms with Gasteiger partial charge in [0.05, 0.1) is 0 Å². The summed E-state index contributed by atoms with van der Waals surface area (Å²) in [6, 6.07) is 22.6. The molecule has 4 rings (SSSR count). The van der Waals surface area contributed by atoms with Crippen molar-refractivity contribution in [3.63, 3.8) is 0 Å². The fraction of sp³-hybridized carbons (Fsp3) is 0.0800. The van der Waals surface area contributed by atoms with E-state index in [9.17, 15) is 14.4 Å². The van der Waals surface area contributed by atoms with Crippen molar-refractivity contribution in [1.82, 2.24) is 4.57 Å². The van der Waals surface area contributed by atoms with Gasteiger partial charge in [0.1, 0.15) is 5.69 Å². The number of halogens is 1. The Morgan fingerprint density at radius 1 is 0.871 bits per heavy atom. The number of pyridine rings is 1. The summed E-state index contributed by atoms with van der Waals surface area (Å²) in [4.78, 5) is 38.4. The third-order valence-corrected chi connectivity index (χ3v) is 5.31. The van der Waals surface area contributed by atoms with Crippen LogP contribution in [0.4, 0.5) is 0 Å². The molecule has 0 atom stereocenters. The van der Waals surface area contributed by atoms with Crippen molar-refractivity contribution < 1.29 is 14.3 Å². The Morgan fingerprint density at radius 2 is 1.48 bits per heavy atom. The minimum absolute atomic E-state index is 0.0758. The number of ketones is 1. The number of fused-ring (bicyclic) bond motifs is 1. The first kappa shape index (κ1) is 20.6. The molecular weight excluding hydrogens is 414 g/mol. The van der Waals surface area contributed by atoms with Crippen LogP contribution in [0.2, 0.25) is 5.02 Å². The number of benzene rings is 3. The number of aromatic nitrogens is 1. The number of Topliss-reactive ketones (excluding diaryl/α,β-unsaturated/α-hetero) is 1. The fourth-order valence-corrected chi connectivity index (χ4v) is 3.65. The van der Waals surface area contributed by atoms with Crippen LogP contribution >= 0.6 is 11.6 Å². The average molecular weight is 432 g/mol. The van der Waals surface area contributed by atoms with Gasteiger partial charge in [-0.25, -0.2) is 4.79 Å². The van der Waals surface area contributed by atoms with Crippen molar-refractivity contribution >= 4 is 34.1 Å². The normalized spacial score (nSPS) is 10.8. The van der Waals surface area contributed by atoms with E-state index in [4.69, 9.17) is 16.3 Å². The van der Waals surface area contributed by atoms with E-state index in [0.29, 0.717) is 32.5 Å². The van der Waals surface area contributed by atoms with Gasteiger partial charge in [-0.2, -0.15) is 0 Å². The number of nitrogens with zero attached hydrogens (tertiary/aromatic N) is 1. The molecule has 1 heterocycles. The lowest BCUT2D eigenvalue weighted by molar-refractivity contribution is 0.0465.